The van der Waals surface area contributed by atoms with Gasteiger partial charge in [0, 0.05) is 22.8 Å². The van der Waals surface area contributed by atoms with E-state index in [9.17, 15) is 4.79 Å². The Morgan fingerprint density at radius 3 is 2.81 bits per heavy atom. The maximum absolute atomic E-state index is 12.5. The SMILES string of the molecule is [2H]c1nc(CC(=O)CN2CCCCC2)cc2cc(-c3nnc(C)s3)ccc12. The van der Waals surface area contributed by atoms with E-state index in [2.05, 4.69) is 20.1 Å². The van der Waals surface area contributed by atoms with Crippen molar-refractivity contribution in [2.45, 2.75) is 32.6 Å². The van der Waals surface area contributed by atoms with Crippen LogP contribution in [-0.4, -0.2) is 45.5 Å². The molecule has 0 N–H and O–H groups in total. The van der Waals surface area contributed by atoms with E-state index in [4.69, 9.17) is 1.37 Å². The summed E-state index contributed by atoms with van der Waals surface area (Å²) >= 11 is 1.54. The van der Waals surface area contributed by atoms with Crippen molar-refractivity contribution in [3.8, 4) is 10.6 Å². The number of benzene rings is 1. The molecule has 0 atom stereocenters. The van der Waals surface area contributed by atoms with Gasteiger partial charge < -0.3 is 0 Å². The predicted molar refractivity (Wildman–Crippen MR) is 104 cm³/mol. The number of aryl methyl sites for hydroxylation is 1. The lowest BCUT2D eigenvalue weighted by atomic mass is 10.1. The van der Waals surface area contributed by atoms with Gasteiger partial charge in [-0.25, -0.2) is 0 Å². The summed E-state index contributed by atoms with van der Waals surface area (Å²) in [5.41, 5.74) is 1.64. The molecule has 1 aliphatic heterocycles. The monoisotopic (exact) mass is 367 g/mol. The second-order valence-electron chi connectivity index (χ2n) is 6.84. The summed E-state index contributed by atoms with van der Waals surface area (Å²) in [6, 6.07) is 7.78. The van der Waals surface area contributed by atoms with Gasteiger partial charge in [-0.15, -0.1) is 10.2 Å². The van der Waals surface area contributed by atoms with E-state index >= 15 is 0 Å². The van der Waals surface area contributed by atoms with Crippen molar-refractivity contribution in [3.05, 3.63) is 41.1 Å². The minimum Gasteiger partial charge on any atom is -0.298 e. The van der Waals surface area contributed by atoms with Crippen LogP contribution in [0.3, 0.4) is 0 Å². The van der Waals surface area contributed by atoms with Gasteiger partial charge in [0.2, 0.25) is 0 Å². The van der Waals surface area contributed by atoms with E-state index in [-0.39, 0.29) is 18.4 Å². The minimum atomic E-state index is 0.166. The molecule has 4 rings (SSSR count). The number of hydrogen-bond acceptors (Lipinski definition) is 6. The third-order valence-corrected chi connectivity index (χ3v) is 5.58. The average Bonchev–Trinajstić information content (AvgIpc) is 3.08. The molecule has 3 heterocycles. The molecule has 1 aromatic carbocycles. The van der Waals surface area contributed by atoms with E-state index < -0.39 is 0 Å². The molecule has 0 amide bonds. The molecule has 0 saturated carbocycles. The molecule has 1 saturated heterocycles. The number of nitrogens with zero attached hydrogens (tertiary/aromatic N) is 4. The van der Waals surface area contributed by atoms with Gasteiger partial charge in [0.15, 0.2) is 5.78 Å². The quantitative estimate of drug-likeness (QED) is 0.689. The Labute approximate surface area is 158 Å². The minimum absolute atomic E-state index is 0.166. The number of carbonyl (C=O) groups excluding carboxylic acids is 1. The lowest BCUT2D eigenvalue weighted by Crippen LogP contribution is -2.35. The van der Waals surface area contributed by atoms with Crippen LogP contribution in [-0.2, 0) is 11.2 Å². The maximum atomic E-state index is 12.5. The van der Waals surface area contributed by atoms with E-state index in [0.29, 0.717) is 12.2 Å². The van der Waals surface area contributed by atoms with E-state index in [1.54, 1.807) is 11.3 Å². The molecule has 1 aliphatic rings. The van der Waals surface area contributed by atoms with Crippen molar-refractivity contribution in [2.75, 3.05) is 19.6 Å². The molecule has 0 bridgehead atoms. The molecule has 26 heavy (non-hydrogen) atoms. The van der Waals surface area contributed by atoms with Crippen LogP contribution in [0.4, 0.5) is 0 Å². The van der Waals surface area contributed by atoms with E-state index in [1.807, 2.05) is 31.2 Å². The zero-order valence-corrected chi connectivity index (χ0v) is 15.7. The smallest absolute Gasteiger partial charge is 0.152 e. The number of likely N-dealkylation sites (tertiary alicyclic amines) is 1. The fourth-order valence-electron chi connectivity index (χ4n) is 3.39. The highest BCUT2D eigenvalue weighted by atomic mass is 32.1. The van der Waals surface area contributed by atoms with Crippen LogP contribution in [0.5, 0.6) is 0 Å². The molecule has 6 heteroatoms. The molecule has 5 nitrogen and oxygen atoms in total. The first kappa shape index (κ1) is 16.0. The first-order valence-corrected chi connectivity index (χ1v) is 9.85. The first-order chi connectivity index (χ1) is 13.1. The van der Waals surface area contributed by atoms with Crippen molar-refractivity contribution >= 4 is 27.9 Å². The van der Waals surface area contributed by atoms with Crippen molar-refractivity contribution in [2.24, 2.45) is 0 Å². The Balaban J connectivity index is 1.56. The normalized spacial score (nSPS) is 16.0. The predicted octanol–water partition coefficient (Wildman–Crippen LogP) is 3.66. The largest absolute Gasteiger partial charge is 0.298 e. The molecule has 2 aromatic heterocycles. The van der Waals surface area contributed by atoms with Gasteiger partial charge in [0.05, 0.1) is 14.3 Å². The zero-order chi connectivity index (χ0) is 18.8. The highest BCUT2D eigenvalue weighted by Gasteiger charge is 2.15. The summed E-state index contributed by atoms with van der Waals surface area (Å²) in [5, 5.41) is 11.8. The number of ketones is 1. The van der Waals surface area contributed by atoms with Gasteiger partial charge in [0.1, 0.15) is 10.0 Å². The molecule has 134 valence electrons. The van der Waals surface area contributed by atoms with E-state index in [0.717, 1.165) is 39.4 Å². The third-order valence-electron chi connectivity index (χ3n) is 4.69. The number of hydrogen-bond donors (Lipinski definition) is 0. The summed E-state index contributed by atoms with van der Waals surface area (Å²) in [4.78, 5) is 19.0. The van der Waals surface area contributed by atoms with Crippen LogP contribution in [0.2, 0.25) is 0 Å². The van der Waals surface area contributed by atoms with Crippen molar-refractivity contribution in [1.29, 1.82) is 0 Å². The number of fused-ring (bicyclic) bond motifs is 1. The molecule has 0 aliphatic carbocycles. The van der Waals surface area contributed by atoms with Crippen LogP contribution in [0.25, 0.3) is 21.3 Å². The third kappa shape index (κ3) is 3.97. The first-order valence-electron chi connectivity index (χ1n) is 9.53. The summed E-state index contributed by atoms with van der Waals surface area (Å²) < 4.78 is 8.22. The highest BCUT2D eigenvalue weighted by Crippen LogP contribution is 2.27. The van der Waals surface area contributed by atoms with Gasteiger partial charge in [0.25, 0.3) is 0 Å². The Morgan fingerprint density at radius 1 is 1.19 bits per heavy atom. The zero-order valence-electron chi connectivity index (χ0n) is 15.9. The second kappa shape index (κ2) is 7.60. The molecule has 0 spiro atoms. The van der Waals surface area contributed by atoms with Gasteiger partial charge in [-0.2, -0.15) is 0 Å². The maximum Gasteiger partial charge on any atom is 0.152 e. The molecule has 0 radical (unpaired) electrons. The van der Waals surface area contributed by atoms with Crippen LogP contribution in [0.1, 0.15) is 31.3 Å². The number of pyridine rings is 1. The second-order valence-corrected chi connectivity index (χ2v) is 8.02. The summed E-state index contributed by atoms with van der Waals surface area (Å²) in [6.45, 7) is 4.42. The van der Waals surface area contributed by atoms with Crippen LogP contribution < -0.4 is 0 Å². The van der Waals surface area contributed by atoms with Gasteiger partial charge >= 0.3 is 0 Å². The number of aromatic nitrogens is 3. The van der Waals surface area contributed by atoms with Crippen molar-refractivity contribution in [3.63, 3.8) is 0 Å². The number of carbonyl (C=O) groups is 1. The fraction of sp³-hybridized carbons (Fsp3) is 0.400. The Morgan fingerprint density at radius 2 is 2.04 bits per heavy atom. The molecular formula is C20H22N4OS. The highest BCUT2D eigenvalue weighted by molar-refractivity contribution is 7.14. The van der Waals surface area contributed by atoms with Crippen LogP contribution in [0.15, 0.2) is 30.4 Å². The van der Waals surface area contributed by atoms with Crippen LogP contribution in [0, 0.1) is 6.92 Å². The van der Waals surface area contributed by atoms with Crippen LogP contribution >= 0.6 is 11.3 Å². The topological polar surface area (TPSA) is 59.0 Å². The average molecular weight is 367 g/mol. The number of rotatable bonds is 5. The fourth-order valence-corrected chi connectivity index (χ4v) is 4.08. The summed E-state index contributed by atoms with van der Waals surface area (Å²) in [7, 11) is 0. The molecular weight excluding hydrogens is 344 g/mol. The Hall–Kier alpha value is -2.18. The van der Waals surface area contributed by atoms with Crippen molar-refractivity contribution in [1.82, 2.24) is 20.1 Å². The standard InChI is InChI=1S/C20H22N4OS/c1-14-22-23-20(26-14)15-5-6-16-12-21-18(10-17(16)9-15)11-19(25)13-24-7-3-2-4-8-24/h5-6,9-10,12H,2-4,7-8,11,13H2,1H3/i12D. The lowest BCUT2D eigenvalue weighted by Gasteiger charge is -2.25. The van der Waals surface area contributed by atoms with Gasteiger partial charge in [-0.05, 0) is 50.4 Å². The molecule has 0 unspecified atom stereocenters. The van der Waals surface area contributed by atoms with Gasteiger partial charge in [-0.3, -0.25) is 14.7 Å². The Bertz CT molecular complexity index is 981. The lowest BCUT2D eigenvalue weighted by molar-refractivity contribution is -0.119. The molecule has 3 aromatic rings. The number of Topliss-reactive ketones (excluding diaryl/α,β-unsaturated/α-hetero) is 1. The van der Waals surface area contributed by atoms with E-state index in [1.165, 1.54) is 19.3 Å². The molecule has 1 fully saturated rings. The number of piperidine rings is 1. The summed E-state index contributed by atoms with van der Waals surface area (Å²) in [5.74, 6) is 0.166. The summed E-state index contributed by atoms with van der Waals surface area (Å²) in [6.07, 6.45) is 4.10. The van der Waals surface area contributed by atoms with Crippen molar-refractivity contribution < 1.29 is 6.17 Å². The van der Waals surface area contributed by atoms with Gasteiger partial charge in [-0.1, -0.05) is 29.9 Å². The Kier molecular flexibility index (Phi) is 4.68.